The molecule has 1 amide bonds. The largest absolute Gasteiger partial charge is 0.444 e. The fourth-order valence-electron chi connectivity index (χ4n) is 1.45. The van der Waals surface area contributed by atoms with Crippen LogP contribution in [0.1, 0.15) is 26.3 Å². The van der Waals surface area contributed by atoms with Crippen LogP contribution in [0, 0.1) is 0 Å². The Morgan fingerprint density at radius 1 is 1.44 bits per heavy atom. The third-order valence-corrected chi connectivity index (χ3v) is 2.11. The predicted molar refractivity (Wildman–Crippen MR) is 71.6 cm³/mol. The zero-order chi connectivity index (χ0) is 13.8. The minimum absolute atomic E-state index is 0.399. The van der Waals surface area contributed by atoms with Crippen LogP contribution < -0.4 is 10.2 Å². The van der Waals surface area contributed by atoms with E-state index in [1.807, 2.05) is 51.9 Å². The van der Waals surface area contributed by atoms with Crippen molar-refractivity contribution in [1.82, 2.24) is 10.3 Å². The Morgan fingerprint density at radius 2 is 2.11 bits per heavy atom. The summed E-state index contributed by atoms with van der Waals surface area (Å²) in [6, 6.07) is 3.78. The van der Waals surface area contributed by atoms with Gasteiger partial charge in [0.05, 0.1) is 0 Å². The number of pyridine rings is 1. The van der Waals surface area contributed by atoms with E-state index in [0.29, 0.717) is 6.54 Å². The standard InChI is InChI=1S/C13H21N3O2/c1-13(2,3)18-12(17)15-9-10-7-6-8-14-11(10)16(4)5/h6-8H,9H2,1-5H3,(H,15,17). The molecule has 0 aliphatic heterocycles. The smallest absolute Gasteiger partial charge is 0.407 e. The molecular weight excluding hydrogens is 230 g/mol. The maximum atomic E-state index is 11.5. The van der Waals surface area contributed by atoms with Crippen molar-refractivity contribution < 1.29 is 9.53 Å². The van der Waals surface area contributed by atoms with Gasteiger partial charge in [-0.05, 0) is 26.8 Å². The van der Waals surface area contributed by atoms with Gasteiger partial charge in [0.15, 0.2) is 0 Å². The Hall–Kier alpha value is -1.78. The summed E-state index contributed by atoms with van der Waals surface area (Å²) in [4.78, 5) is 17.7. The van der Waals surface area contributed by atoms with Gasteiger partial charge in [0, 0.05) is 32.4 Å². The number of ether oxygens (including phenoxy) is 1. The molecule has 1 heterocycles. The Bertz CT molecular complexity index is 411. The van der Waals surface area contributed by atoms with E-state index < -0.39 is 11.7 Å². The molecule has 18 heavy (non-hydrogen) atoms. The first-order valence-corrected chi connectivity index (χ1v) is 5.87. The molecular formula is C13H21N3O2. The van der Waals surface area contributed by atoms with Gasteiger partial charge in [0.2, 0.25) is 0 Å². The molecule has 0 saturated heterocycles. The van der Waals surface area contributed by atoms with Gasteiger partial charge in [0.1, 0.15) is 11.4 Å². The minimum atomic E-state index is -0.483. The van der Waals surface area contributed by atoms with E-state index in [0.717, 1.165) is 11.4 Å². The van der Waals surface area contributed by atoms with Gasteiger partial charge >= 0.3 is 6.09 Å². The third kappa shape index (κ3) is 4.61. The van der Waals surface area contributed by atoms with Crippen molar-refractivity contribution in [3.05, 3.63) is 23.9 Å². The number of nitrogens with one attached hydrogen (secondary N) is 1. The van der Waals surface area contributed by atoms with Crippen molar-refractivity contribution in [3.8, 4) is 0 Å². The van der Waals surface area contributed by atoms with Gasteiger partial charge < -0.3 is 15.0 Å². The average molecular weight is 251 g/mol. The molecule has 0 spiro atoms. The lowest BCUT2D eigenvalue weighted by Crippen LogP contribution is -2.32. The number of amides is 1. The van der Waals surface area contributed by atoms with Gasteiger partial charge in [0.25, 0.3) is 0 Å². The summed E-state index contributed by atoms with van der Waals surface area (Å²) in [6.45, 7) is 5.90. The Morgan fingerprint density at radius 3 is 2.67 bits per heavy atom. The number of nitrogens with zero attached hydrogens (tertiary/aromatic N) is 2. The summed E-state index contributed by atoms with van der Waals surface area (Å²) in [5.74, 6) is 0.841. The zero-order valence-corrected chi connectivity index (χ0v) is 11.7. The number of hydrogen-bond acceptors (Lipinski definition) is 4. The number of anilines is 1. The van der Waals surface area contributed by atoms with Crippen molar-refractivity contribution >= 4 is 11.9 Å². The van der Waals surface area contributed by atoms with Crippen molar-refractivity contribution in [2.45, 2.75) is 32.9 Å². The molecule has 0 bridgehead atoms. The molecule has 1 aromatic rings. The molecule has 0 aromatic carbocycles. The number of hydrogen-bond donors (Lipinski definition) is 1. The van der Waals surface area contributed by atoms with E-state index in [9.17, 15) is 4.79 Å². The van der Waals surface area contributed by atoms with Gasteiger partial charge in [-0.3, -0.25) is 0 Å². The van der Waals surface area contributed by atoms with Gasteiger partial charge in [-0.2, -0.15) is 0 Å². The van der Waals surface area contributed by atoms with Crippen LogP contribution in [0.15, 0.2) is 18.3 Å². The molecule has 1 rings (SSSR count). The first kappa shape index (κ1) is 14.3. The lowest BCUT2D eigenvalue weighted by atomic mass is 10.2. The minimum Gasteiger partial charge on any atom is -0.444 e. The molecule has 0 aliphatic rings. The number of alkyl carbamates (subject to hydrolysis) is 1. The molecule has 100 valence electrons. The molecule has 0 fully saturated rings. The van der Waals surface area contributed by atoms with E-state index in [-0.39, 0.29) is 0 Å². The van der Waals surface area contributed by atoms with E-state index in [4.69, 9.17) is 4.74 Å². The van der Waals surface area contributed by atoms with Crippen LogP contribution in [0.3, 0.4) is 0 Å². The van der Waals surface area contributed by atoms with Crippen LogP contribution in [-0.2, 0) is 11.3 Å². The number of carbonyl (C=O) groups is 1. The molecule has 1 N–H and O–H groups in total. The maximum absolute atomic E-state index is 11.5. The fraction of sp³-hybridized carbons (Fsp3) is 0.538. The molecule has 5 nitrogen and oxygen atoms in total. The second kappa shape index (κ2) is 5.71. The highest BCUT2D eigenvalue weighted by Crippen LogP contribution is 2.14. The van der Waals surface area contributed by atoms with E-state index in [1.165, 1.54) is 0 Å². The van der Waals surface area contributed by atoms with E-state index >= 15 is 0 Å². The summed E-state index contributed by atoms with van der Waals surface area (Å²) in [7, 11) is 3.83. The molecule has 0 atom stereocenters. The van der Waals surface area contributed by atoms with Crippen LogP contribution in [0.5, 0.6) is 0 Å². The van der Waals surface area contributed by atoms with Crippen LogP contribution >= 0.6 is 0 Å². The van der Waals surface area contributed by atoms with Crippen LogP contribution in [0.2, 0.25) is 0 Å². The van der Waals surface area contributed by atoms with Gasteiger partial charge in [-0.15, -0.1) is 0 Å². The second-order valence-corrected chi connectivity index (χ2v) is 5.24. The topological polar surface area (TPSA) is 54.5 Å². The summed E-state index contributed by atoms with van der Waals surface area (Å²) >= 11 is 0. The normalized spacial score (nSPS) is 10.9. The predicted octanol–water partition coefficient (Wildman–Crippen LogP) is 2.17. The van der Waals surface area contributed by atoms with Crippen molar-refractivity contribution in [3.63, 3.8) is 0 Å². The first-order valence-electron chi connectivity index (χ1n) is 5.87. The highest BCUT2D eigenvalue weighted by atomic mass is 16.6. The second-order valence-electron chi connectivity index (χ2n) is 5.24. The third-order valence-electron chi connectivity index (χ3n) is 2.11. The summed E-state index contributed by atoms with van der Waals surface area (Å²) in [5, 5.41) is 2.72. The number of rotatable bonds is 3. The lowest BCUT2D eigenvalue weighted by molar-refractivity contribution is 0.0523. The molecule has 0 unspecified atom stereocenters. The van der Waals surface area contributed by atoms with E-state index in [2.05, 4.69) is 10.3 Å². The highest BCUT2D eigenvalue weighted by Gasteiger charge is 2.16. The molecule has 0 radical (unpaired) electrons. The van der Waals surface area contributed by atoms with Gasteiger partial charge in [-0.25, -0.2) is 9.78 Å². The quantitative estimate of drug-likeness (QED) is 0.894. The van der Waals surface area contributed by atoms with Crippen molar-refractivity contribution in [2.24, 2.45) is 0 Å². The maximum Gasteiger partial charge on any atom is 0.407 e. The number of carbonyl (C=O) groups excluding carboxylic acids is 1. The molecule has 5 heteroatoms. The first-order chi connectivity index (χ1) is 8.29. The summed E-state index contributed by atoms with van der Waals surface area (Å²) < 4.78 is 5.18. The SMILES string of the molecule is CN(C)c1ncccc1CNC(=O)OC(C)(C)C. The summed E-state index contributed by atoms with van der Waals surface area (Å²) in [6.07, 6.45) is 1.31. The molecule has 0 aliphatic carbocycles. The Labute approximate surface area is 108 Å². The van der Waals surface area contributed by atoms with Crippen molar-refractivity contribution in [1.29, 1.82) is 0 Å². The van der Waals surface area contributed by atoms with Crippen LogP contribution in [-0.4, -0.2) is 30.8 Å². The lowest BCUT2D eigenvalue weighted by Gasteiger charge is -2.20. The van der Waals surface area contributed by atoms with E-state index in [1.54, 1.807) is 6.20 Å². The Balaban J connectivity index is 2.61. The fourth-order valence-corrected chi connectivity index (χ4v) is 1.45. The Kier molecular flexibility index (Phi) is 4.53. The highest BCUT2D eigenvalue weighted by molar-refractivity contribution is 5.68. The molecule has 1 aromatic heterocycles. The van der Waals surface area contributed by atoms with Crippen LogP contribution in [0.25, 0.3) is 0 Å². The number of aromatic nitrogens is 1. The van der Waals surface area contributed by atoms with Crippen molar-refractivity contribution in [2.75, 3.05) is 19.0 Å². The summed E-state index contributed by atoms with van der Waals surface area (Å²) in [5.41, 5.74) is 0.469. The average Bonchev–Trinajstić information content (AvgIpc) is 2.24. The van der Waals surface area contributed by atoms with Crippen LogP contribution in [0.4, 0.5) is 10.6 Å². The zero-order valence-electron chi connectivity index (χ0n) is 11.7. The monoisotopic (exact) mass is 251 g/mol. The van der Waals surface area contributed by atoms with Gasteiger partial charge in [-0.1, -0.05) is 6.07 Å². The molecule has 0 saturated carbocycles.